The molecule has 0 spiro atoms. The van der Waals surface area contributed by atoms with Crippen LogP contribution in [0.4, 0.5) is 0 Å². The maximum Gasteiger partial charge on any atom is 0.130 e. The van der Waals surface area contributed by atoms with Crippen molar-refractivity contribution in [2.45, 2.75) is 72.1 Å². The third-order valence-electron chi connectivity index (χ3n) is 4.65. The number of quaternary nitrogens is 1. The van der Waals surface area contributed by atoms with Crippen LogP contribution >= 0.6 is 0 Å². The fourth-order valence-corrected chi connectivity index (χ4v) is 4.00. The fraction of sp³-hybridized carbons (Fsp3) is 1.00. The molecule has 5 atom stereocenters. The fourth-order valence-electron chi connectivity index (χ4n) is 4.00. The molecule has 2 rings (SSSR count). The molecule has 0 aromatic rings. The van der Waals surface area contributed by atoms with Crippen molar-refractivity contribution in [3.63, 3.8) is 0 Å². The molecular weight excluding hydrogens is 234 g/mol. The van der Waals surface area contributed by atoms with Gasteiger partial charge in [-0.1, -0.05) is 13.8 Å². The molecule has 0 bridgehead atoms. The van der Waals surface area contributed by atoms with Crippen LogP contribution < -0.4 is 17.5 Å². The van der Waals surface area contributed by atoms with Gasteiger partial charge in [0, 0.05) is 11.8 Å². The first-order valence-electron chi connectivity index (χ1n) is 6.88. The van der Waals surface area contributed by atoms with Crippen LogP contribution in [-0.2, 0) is 4.84 Å². The summed E-state index contributed by atoms with van der Waals surface area (Å²) >= 11 is 0. The van der Waals surface area contributed by atoms with Crippen molar-refractivity contribution in [3.05, 3.63) is 0 Å². The summed E-state index contributed by atoms with van der Waals surface area (Å²) in [6.45, 7) is 13.9. The van der Waals surface area contributed by atoms with Crippen molar-refractivity contribution >= 4 is 0 Å². The monoisotopic (exact) mass is 261 g/mol. The van der Waals surface area contributed by atoms with E-state index in [0.29, 0.717) is 12.1 Å². The maximum absolute atomic E-state index is 6.29. The van der Waals surface area contributed by atoms with E-state index in [1.54, 1.807) is 0 Å². The van der Waals surface area contributed by atoms with Crippen LogP contribution in [0.2, 0.25) is 0 Å². The molecule has 102 valence electrons. The Morgan fingerprint density at radius 2 is 1.76 bits per heavy atom. The van der Waals surface area contributed by atoms with Crippen LogP contribution in [0.5, 0.6) is 0 Å². The van der Waals surface area contributed by atoms with Crippen LogP contribution in [0.25, 0.3) is 0 Å². The van der Waals surface area contributed by atoms with E-state index in [2.05, 4.69) is 41.5 Å². The van der Waals surface area contributed by atoms with Gasteiger partial charge in [-0.15, -0.1) is 0 Å². The molecule has 0 amide bonds. The lowest BCUT2D eigenvalue weighted by molar-refractivity contribution is -1.12. The van der Waals surface area contributed by atoms with Crippen LogP contribution in [0.1, 0.15) is 54.4 Å². The van der Waals surface area contributed by atoms with Gasteiger partial charge in [0.1, 0.15) is 17.7 Å². The predicted octanol–water partition coefficient (Wildman–Crippen LogP) is -0.942. The Morgan fingerprint density at radius 1 is 1.18 bits per heavy atom. The van der Waals surface area contributed by atoms with Crippen molar-refractivity contribution in [1.82, 2.24) is 0 Å². The van der Waals surface area contributed by atoms with E-state index < -0.39 is 0 Å². The van der Waals surface area contributed by atoms with Gasteiger partial charge in [0.15, 0.2) is 0 Å². The van der Waals surface area contributed by atoms with E-state index in [4.69, 9.17) is 4.84 Å². The van der Waals surface area contributed by atoms with Crippen molar-refractivity contribution in [2.24, 2.45) is 17.8 Å². The highest BCUT2D eigenvalue weighted by Crippen LogP contribution is 2.41. The van der Waals surface area contributed by atoms with Gasteiger partial charge >= 0.3 is 0 Å². The quantitative estimate of drug-likeness (QED) is 0.643. The van der Waals surface area contributed by atoms with Gasteiger partial charge < -0.3 is 12.4 Å². The molecule has 1 heterocycles. The standard InChI is InChI=1S/C14H27NO.ClH/c1-9(2)15-13-11(4)7-10(3)8-12(13)14(5,6)16-15;/h9-13H,7-8H2,1-6H3;1H. The number of hydroxylamine groups is 2. The highest BCUT2D eigenvalue weighted by atomic mass is 35.5. The van der Waals surface area contributed by atoms with E-state index in [0.717, 1.165) is 17.8 Å². The zero-order valence-electron chi connectivity index (χ0n) is 12.1. The molecule has 5 unspecified atom stereocenters. The van der Waals surface area contributed by atoms with Crippen molar-refractivity contribution in [2.75, 3.05) is 0 Å². The summed E-state index contributed by atoms with van der Waals surface area (Å²) in [5.74, 6) is 2.40. The van der Waals surface area contributed by atoms with E-state index in [9.17, 15) is 0 Å². The van der Waals surface area contributed by atoms with Gasteiger partial charge in [-0.25, -0.2) is 0 Å². The third kappa shape index (κ3) is 2.64. The first kappa shape index (κ1) is 15.3. The topological polar surface area (TPSA) is 13.7 Å². The molecule has 1 saturated carbocycles. The number of rotatable bonds is 1. The molecule has 2 aliphatic rings. The van der Waals surface area contributed by atoms with Crippen molar-refractivity contribution < 1.29 is 22.3 Å². The zero-order chi connectivity index (χ0) is 12.1. The second-order valence-corrected chi connectivity index (χ2v) is 6.95. The number of nitrogens with one attached hydrogen (secondary N) is 1. The number of halogens is 1. The van der Waals surface area contributed by atoms with E-state index in [1.165, 1.54) is 17.9 Å². The Morgan fingerprint density at radius 3 is 2.29 bits per heavy atom. The lowest BCUT2D eigenvalue weighted by atomic mass is 9.68. The predicted molar refractivity (Wildman–Crippen MR) is 66.1 cm³/mol. The molecule has 2 nitrogen and oxygen atoms in total. The largest absolute Gasteiger partial charge is 1.00 e. The molecule has 0 aromatic carbocycles. The van der Waals surface area contributed by atoms with Gasteiger partial charge in [-0.3, -0.25) is 0 Å². The van der Waals surface area contributed by atoms with Gasteiger partial charge in [0.25, 0.3) is 0 Å². The maximum atomic E-state index is 6.29. The van der Waals surface area contributed by atoms with Crippen molar-refractivity contribution in [3.8, 4) is 0 Å². The average Bonchev–Trinajstić information content (AvgIpc) is 2.39. The normalized spacial score (nSPS) is 44.3. The first-order chi connectivity index (χ1) is 7.33. The molecule has 1 aliphatic carbocycles. The second kappa shape index (κ2) is 5.07. The molecule has 0 radical (unpaired) electrons. The molecule has 1 saturated heterocycles. The minimum Gasteiger partial charge on any atom is -1.00 e. The summed E-state index contributed by atoms with van der Waals surface area (Å²) in [4.78, 5) is 6.29. The smallest absolute Gasteiger partial charge is 0.130 e. The van der Waals surface area contributed by atoms with E-state index in [1.807, 2.05) is 0 Å². The van der Waals surface area contributed by atoms with E-state index in [-0.39, 0.29) is 18.0 Å². The highest BCUT2D eigenvalue weighted by molar-refractivity contribution is 4.94. The van der Waals surface area contributed by atoms with Gasteiger partial charge in [0.2, 0.25) is 0 Å². The minimum atomic E-state index is 0. The Balaban J connectivity index is 0.00000144. The summed E-state index contributed by atoms with van der Waals surface area (Å²) in [5, 5.41) is 1.38. The first-order valence-corrected chi connectivity index (χ1v) is 6.88. The summed E-state index contributed by atoms with van der Waals surface area (Å²) in [7, 11) is 0. The Labute approximate surface area is 112 Å². The lowest BCUT2D eigenvalue weighted by Crippen LogP contribution is -3.17. The van der Waals surface area contributed by atoms with Crippen LogP contribution in [0.15, 0.2) is 0 Å². The Kier molecular flexibility index (Phi) is 4.55. The molecule has 2 fully saturated rings. The molecule has 1 aliphatic heterocycles. The number of fused-ring (bicyclic) bond motifs is 1. The summed E-state index contributed by atoms with van der Waals surface area (Å²) in [6.07, 6.45) is 2.72. The number of hydrogen-bond donors (Lipinski definition) is 1. The van der Waals surface area contributed by atoms with Gasteiger partial charge in [-0.2, -0.15) is 9.90 Å². The molecular formula is C14H28ClNO. The SMILES string of the molecule is CC1CC(C)C2C(C1)C(C)(C)O[NH+]2C(C)C.[Cl-]. The summed E-state index contributed by atoms with van der Waals surface area (Å²) in [6, 6.07) is 1.29. The van der Waals surface area contributed by atoms with Crippen LogP contribution in [0.3, 0.4) is 0 Å². The minimum absolute atomic E-state index is 0. The Hall–Kier alpha value is 0.210. The molecule has 17 heavy (non-hydrogen) atoms. The summed E-state index contributed by atoms with van der Waals surface area (Å²) < 4.78 is 0. The van der Waals surface area contributed by atoms with Crippen molar-refractivity contribution in [1.29, 1.82) is 0 Å². The molecule has 0 aromatic heterocycles. The number of hydrogen-bond acceptors (Lipinski definition) is 1. The lowest BCUT2D eigenvalue weighted by Gasteiger charge is -2.36. The third-order valence-corrected chi connectivity index (χ3v) is 4.65. The van der Waals surface area contributed by atoms with Crippen LogP contribution in [-0.4, -0.2) is 17.7 Å². The summed E-state index contributed by atoms with van der Waals surface area (Å²) in [5.41, 5.74) is 0.0627. The second-order valence-electron chi connectivity index (χ2n) is 6.95. The van der Waals surface area contributed by atoms with Gasteiger partial charge in [-0.05, 0) is 46.5 Å². The van der Waals surface area contributed by atoms with Crippen LogP contribution in [0, 0.1) is 17.8 Å². The average molecular weight is 262 g/mol. The van der Waals surface area contributed by atoms with E-state index >= 15 is 0 Å². The zero-order valence-corrected chi connectivity index (χ0v) is 12.8. The molecule has 1 N–H and O–H groups in total. The molecule has 3 heteroatoms. The van der Waals surface area contributed by atoms with Gasteiger partial charge in [0.05, 0.1) is 0 Å². The highest BCUT2D eigenvalue weighted by Gasteiger charge is 2.57. The Bertz CT molecular complexity index is 267.